The maximum Gasteiger partial charge on any atom is 0.266 e. The number of amides is 2. The first kappa shape index (κ1) is 20.2. The highest BCUT2D eigenvalue weighted by Crippen LogP contribution is 2.16. The molecule has 9 heteroatoms. The molecule has 2 amide bonds. The largest absolute Gasteiger partial charge is 0.352 e. The average molecular weight is 415 g/mol. The molecule has 0 saturated heterocycles. The Balaban J connectivity index is 2.11. The number of nitrogens with one attached hydrogen (secondary N) is 2. The molecule has 0 fully saturated rings. The molecule has 2 N–H and O–H groups in total. The van der Waals surface area contributed by atoms with E-state index in [0.717, 1.165) is 0 Å². The Morgan fingerprint density at radius 2 is 1.62 bits per heavy atom. The molecule has 0 aliphatic carbocycles. The van der Waals surface area contributed by atoms with E-state index in [1.165, 1.54) is 36.4 Å². The summed E-state index contributed by atoms with van der Waals surface area (Å²) in [5.74, 6) is -0.736. The smallest absolute Gasteiger partial charge is 0.266 e. The average Bonchev–Trinajstić information content (AvgIpc) is 2.62. The zero-order valence-electron chi connectivity index (χ0n) is 13.5. The molecule has 0 atom stereocenters. The number of alkyl halides is 1. The molecule has 0 aromatic heterocycles. The molecule has 0 spiro atoms. The van der Waals surface area contributed by atoms with Gasteiger partial charge in [-0.1, -0.05) is 23.7 Å². The van der Waals surface area contributed by atoms with Crippen LogP contribution in [0.4, 0.5) is 0 Å². The van der Waals surface area contributed by atoms with Crippen LogP contribution in [0.15, 0.2) is 53.4 Å². The van der Waals surface area contributed by atoms with Gasteiger partial charge in [-0.25, -0.2) is 13.1 Å². The minimum Gasteiger partial charge on any atom is -0.352 e. The molecule has 26 heavy (non-hydrogen) atoms. The fraction of sp³-hybridized carbons (Fsp3) is 0.176. The molecule has 0 aliphatic rings. The van der Waals surface area contributed by atoms with Gasteiger partial charge in [0.1, 0.15) is 0 Å². The van der Waals surface area contributed by atoms with E-state index in [1.807, 2.05) is 4.72 Å². The van der Waals surface area contributed by atoms with Gasteiger partial charge in [-0.3, -0.25) is 9.59 Å². The molecule has 0 saturated carbocycles. The fourth-order valence-electron chi connectivity index (χ4n) is 2.04. The van der Waals surface area contributed by atoms with E-state index in [9.17, 15) is 18.0 Å². The molecule has 2 rings (SSSR count). The lowest BCUT2D eigenvalue weighted by Crippen LogP contribution is -2.31. The third-order valence-electron chi connectivity index (χ3n) is 3.37. The van der Waals surface area contributed by atoms with Crippen molar-refractivity contribution in [3.05, 3.63) is 64.7 Å². The van der Waals surface area contributed by atoms with Crippen molar-refractivity contribution >= 4 is 45.0 Å². The summed E-state index contributed by atoms with van der Waals surface area (Å²) < 4.78 is 26.6. The number of benzene rings is 2. The van der Waals surface area contributed by atoms with Crippen LogP contribution in [-0.2, 0) is 10.0 Å². The molecule has 138 valence electrons. The number of hydrogen-bond donors (Lipinski definition) is 2. The first-order chi connectivity index (χ1) is 12.3. The van der Waals surface area contributed by atoms with E-state index in [2.05, 4.69) is 5.32 Å². The molecule has 0 bridgehead atoms. The van der Waals surface area contributed by atoms with Crippen molar-refractivity contribution in [2.75, 3.05) is 12.4 Å². The van der Waals surface area contributed by atoms with Crippen molar-refractivity contribution in [2.24, 2.45) is 0 Å². The Morgan fingerprint density at radius 3 is 2.23 bits per heavy atom. The summed E-state index contributed by atoms with van der Waals surface area (Å²) in [6, 6.07) is 11.3. The van der Waals surface area contributed by atoms with Crippen LogP contribution in [0.1, 0.15) is 27.1 Å². The third kappa shape index (κ3) is 5.20. The van der Waals surface area contributed by atoms with Crippen LogP contribution < -0.4 is 10.0 Å². The van der Waals surface area contributed by atoms with Crippen LogP contribution in [0, 0.1) is 0 Å². The van der Waals surface area contributed by atoms with Crippen molar-refractivity contribution in [3.63, 3.8) is 0 Å². The van der Waals surface area contributed by atoms with E-state index in [4.69, 9.17) is 23.2 Å². The Labute approximate surface area is 161 Å². The van der Waals surface area contributed by atoms with E-state index in [-0.39, 0.29) is 21.4 Å². The summed E-state index contributed by atoms with van der Waals surface area (Å²) in [7, 11) is -4.10. The second-order valence-electron chi connectivity index (χ2n) is 5.24. The van der Waals surface area contributed by atoms with Gasteiger partial charge in [0.05, 0.1) is 15.5 Å². The van der Waals surface area contributed by atoms with Gasteiger partial charge in [0, 0.05) is 18.0 Å². The first-order valence-electron chi connectivity index (χ1n) is 7.61. The second kappa shape index (κ2) is 9.02. The molecule has 0 heterocycles. The van der Waals surface area contributed by atoms with Crippen LogP contribution in [0.5, 0.6) is 0 Å². The van der Waals surface area contributed by atoms with Crippen LogP contribution in [-0.4, -0.2) is 32.7 Å². The van der Waals surface area contributed by atoms with Crippen LogP contribution in [0.3, 0.4) is 0 Å². The summed E-state index contributed by atoms with van der Waals surface area (Å²) >= 11 is 11.4. The van der Waals surface area contributed by atoms with E-state index >= 15 is 0 Å². The van der Waals surface area contributed by atoms with Crippen molar-refractivity contribution in [2.45, 2.75) is 11.3 Å². The zero-order chi connectivity index (χ0) is 19.2. The highest BCUT2D eigenvalue weighted by atomic mass is 35.5. The van der Waals surface area contributed by atoms with Gasteiger partial charge < -0.3 is 5.32 Å². The second-order valence-corrected chi connectivity index (χ2v) is 7.70. The van der Waals surface area contributed by atoms with Crippen LogP contribution in [0.2, 0.25) is 5.02 Å². The van der Waals surface area contributed by atoms with Crippen molar-refractivity contribution in [1.82, 2.24) is 10.0 Å². The normalized spacial score (nSPS) is 11.0. The van der Waals surface area contributed by atoms with Gasteiger partial charge in [0.15, 0.2) is 0 Å². The third-order valence-corrected chi connectivity index (χ3v) is 5.31. The van der Waals surface area contributed by atoms with Gasteiger partial charge in [-0.15, -0.1) is 11.6 Å². The van der Waals surface area contributed by atoms with Gasteiger partial charge >= 0.3 is 0 Å². The molecule has 6 nitrogen and oxygen atoms in total. The summed E-state index contributed by atoms with van der Waals surface area (Å²) in [6.07, 6.45) is 0.633. The lowest BCUT2D eigenvalue weighted by atomic mass is 10.2. The van der Waals surface area contributed by atoms with Crippen molar-refractivity contribution in [1.29, 1.82) is 0 Å². The summed E-state index contributed by atoms with van der Waals surface area (Å²) in [5.41, 5.74) is 0.351. The monoisotopic (exact) mass is 414 g/mol. The van der Waals surface area contributed by atoms with Crippen molar-refractivity contribution in [3.8, 4) is 0 Å². The number of rotatable bonds is 7. The Kier molecular flexibility index (Phi) is 7.02. The molecular weight excluding hydrogens is 399 g/mol. The molecule has 0 unspecified atom stereocenters. The maximum absolute atomic E-state index is 12.3. The molecule has 2 aromatic rings. The topological polar surface area (TPSA) is 92.3 Å². The Hall–Kier alpha value is -2.09. The van der Waals surface area contributed by atoms with Gasteiger partial charge in [-0.05, 0) is 42.8 Å². The summed E-state index contributed by atoms with van der Waals surface area (Å²) in [4.78, 5) is 23.9. The van der Waals surface area contributed by atoms with Crippen LogP contribution >= 0.6 is 23.2 Å². The van der Waals surface area contributed by atoms with Gasteiger partial charge in [-0.2, -0.15) is 0 Å². The minimum absolute atomic E-state index is 0.0491. The maximum atomic E-state index is 12.3. The van der Waals surface area contributed by atoms with Crippen molar-refractivity contribution < 1.29 is 18.0 Å². The number of halogens is 2. The lowest BCUT2D eigenvalue weighted by molar-refractivity contribution is 0.0951. The molecule has 0 radical (unpaired) electrons. The summed E-state index contributed by atoms with van der Waals surface area (Å²) in [5, 5.41) is 2.80. The fourth-order valence-corrected chi connectivity index (χ4v) is 3.36. The standard InChI is InChI=1S/C17H16Cl2N2O4S/c18-10-3-11-20-16(22)12-6-8-13(9-7-12)26(24,25)21-17(23)14-4-1-2-5-15(14)19/h1-2,4-9H,3,10-11H2,(H,20,22)(H,21,23). The predicted octanol–water partition coefficient (Wildman–Crippen LogP) is 2.82. The molecular formula is C17H16Cl2N2O4S. The first-order valence-corrected chi connectivity index (χ1v) is 10.0. The Bertz CT molecular complexity index is 899. The number of hydrogen-bond acceptors (Lipinski definition) is 4. The molecule has 2 aromatic carbocycles. The van der Waals surface area contributed by atoms with Crippen LogP contribution in [0.25, 0.3) is 0 Å². The van der Waals surface area contributed by atoms with Gasteiger partial charge in [0.25, 0.3) is 21.8 Å². The minimum atomic E-state index is -4.10. The zero-order valence-corrected chi connectivity index (χ0v) is 15.9. The van der Waals surface area contributed by atoms with E-state index in [0.29, 0.717) is 24.4 Å². The summed E-state index contributed by atoms with van der Waals surface area (Å²) in [6.45, 7) is 0.427. The highest BCUT2D eigenvalue weighted by Gasteiger charge is 2.20. The van der Waals surface area contributed by atoms with E-state index in [1.54, 1.807) is 12.1 Å². The number of sulfonamides is 1. The Morgan fingerprint density at radius 1 is 0.962 bits per heavy atom. The molecule has 0 aliphatic heterocycles. The van der Waals surface area contributed by atoms with Gasteiger partial charge in [0.2, 0.25) is 0 Å². The predicted molar refractivity (Wildman–Crippen MR) is 100 cm³/mol. The number of carbonyl (C=O) groups excluding carboxylic acids is 2. The lowest BCUT2D eigenvalue weighted by Gasteiger charge is -2.09. The highest BCUT2D eigenvalue weighted by molar-refractivity contribution is 7.90. The van der Waals surface area contributed by atoms with E-state index < -0.39 is 15.9 Å². The number of carbonyl (C=O) groups is 2. The SMILES string of the molecule is O=C(NCCCCl)c1ccc(S(=O)(=O)NC(=O)c2ccccc2Cl)cc1. The quantitative estimate of drug-likeness (QED) is 0.537.